The first-order chi connectivity index (χ1) is 7.70. The number of nitrogen functional groups attached to an aromatic ring is 1. The number of hydrogen-bond donors (Lipinski definition) is 2. The van der Waals surface area contributed by atoms with E-state index >= 15 is 0 Å². The second-order valence-electron chi connectivity index (χ2n) is 4.94. The summed E-state index contributed by atoms with van der Waals surface area (Å²) in [6, 6.07) is 2.80. The van der Waals surface area contributed by atoms with Crippen LogP contribution in [-0.2, 0) is 0 Å². The number of nitrogens with one attached hydrogen (secondary N) is 1. The smallest absolute Gasteiger partial charge is 0.130 e. The zero-order valence-corrected chi connectivity index (χ0v) is 10.1. The van der Waals surface area contributed by atoms with E-state index in [-0.39, 0.29) is 0 Å². The van der Waals surface area contributed by atoms with Crippen molar-refractivity contribution in [2.45, 2.75) is 38.1 Å². The summed E-state index contributed by atoms with van der Waals surface area (Å²) in [4.78, 5) is 0.678. The predicted molar refractivity (Wildman–Crippen MR) is 66.6 cm³/mol. The van der Waals surface area contributed by atoms with Gasteiger partial charge in [0.15, 0.2) is 0 Å². The van der Waals surface area contributed by atoms with E-state index in [4.69, 9.17) is 11.0 Å². The van der Waals surface area contributed by atoms with Gasteiger partial charge in [0.05, 0.1) is 10.7 Å². The first kappa shape index (κ1) is 9.98. The van der Waals surface area contributed by atoms with E-state index < -0.39 is 0 Å². The van der Waals surface area contributed by atoms with Crippen LogP contribution in [0, 0.1) is 17.2 Å². The molecule has 2 atom stereocenters. The average Bonchev–Trinajstić information content (AvgIpc) is 3.15. The van der Waals surface area contributed by atoms with Gasteiger partial charge in [-0.15, -0.1) is 11.3 Å². The van der Waals surface area contributed by atoms with Crippen molar-refractivity contribution >= 4 is 22.0 Å². The van der Waals surface area contributed by atoms with Gasteiger partial charge in [-0.2, -0.15) is 5.26 Å². The Kier molecular flexibility index (Phi) is 2.11. The highest BCUT2D eigenvalue weighted by Gasteiger charge is 2.36. The summed E-state index contributed by atoms with van der Waals surface area (Å²) in [7, 11) is 0. The summed E-state index contributed by atoms with van der Waals surface area (Å²) >= 11 is 1.53. The molecule has 0 spiro atoms. The van der Waals surface area contributed by atoms with Crippen LogP contribution >= 0.6 is 11.3 Å². The quantitative estimate of drug-likeness (QED) is 0.843. The molecule has 3 rings (SSSR count). The lowest BCUT2D eigenvalue weighted by atomic mass is 10.1. The third-order valence-corrected chi connectivity index (χ3v) is 4.55. The maximum absolute atomic E-state index is 9.01. The highest BCUT2D eigenvalue weighted by atomic mass is 32.1. The molecular weight excluding hydrogens is 218 g/mol. The number of thiophene rings is 1. The van der Waals surface area contributed by atoms with E-state index in [2.05, 4.69) is 18.3 Å². The monoisotopic (exact) mass is 233 g/mol. The molecule has 0 radical (unpaired) electrons. The van der Waals surface area contributed by atoms with Gasteiger partial charge < -0.3 is 11.1 Å². The van der Waals surface area contributed by atoms with Crippen LogP contribution in [-0.4, -0.2) is 6.04 Å². The second-order valence-corrected chi connectivity index (χ2v) is 5.96. The fraction of sp³-hybridized carbons (Fsp3) is 0.583. The van der Waals surface area contributed by atoms with Gasteiger partial charge in [0.1, 0.15) is 10.9 Å². The Labute approximate surface area is 99.3 Å². The molecule has 3 N–H and O–H groups in total. The molecule has 2 aliphatic carbocycles. The van der Waals surface area contributed by atoms with Gasteiger partial charge in [-0.25, -0.2) is 0 Å². The second kappa shape index (κ2) is 3.39. The van der Waals surface area contributed by atoms with Gasteiger partial charge in [0, 0.05) is 11.6 Å². The fourth-order valence-electron chi connectivity index (χ4n) is 2.12. The zero-order chi connectivity index (χ0) is 11.3. The van der Waals surface area contributed by atoms with Gasteiger partial charge in [0.25, 0.3) is 0 Å². The van der Waals surface area contributed by atoms with Crippen LogP contribution < -0.4 is 11.1 Å². The Morgan fingerprint density at radius 1 is 1.50 bits per heavy atom. The normalized spacial score (nSPS) is 27.5. The minimum absolute atomic E-state index is 0.599. The van der Waals surface area contributed by atoms with Crippen molar-refractivity contribution < 1.29 is 0 Å². The Morgan fingerprint density at radius 2 is 2.19 bits per heavy atom. The first-order valence-corrected chi connectivity index (χ1v) is 6.61. The molecule has 3 nitrogen and oxygen atoms in total. The van der Waals surface area contributed by atoms with E-state index in [0.29, 0.717) is 16.8 Å². The third kappa shape index (κ3) is 1.56. The molecule has 0 saturated heterocycles. The van der Waals surface area contributed by atoms with Crippen molar-refractivity contribution in [1.82, 2.24) is 0 Å². The van der Waals surface area contributed by atoms with Crippen molar-refractivity contribution in [2.24, 2.45) is 5.92 Å². The molecule has 84 valence electrons. The molecule has 1 aromatic rings. The van der Waals surface area contributed by atoms with Crippen LogP contribution in [0.4, 0.5) is 10.7 Å². The van der Waals surface area contributed by atoms with E-state index in [1.807, 2.05) is 0 Å². The first-order valence-electron chi connectivity index (χ1n) is 5.79. The molecule has 0 bridgehead atoms. The zero-order valence-electron chi connectivity index (χ0n) is 9.29. The molecule has 16 heavy (non-hydrogen) atoms. The molecule has 2 aliphatic rings. The summed E-state index contributed by atoms with van der Waals surface area (Å²) in [5.41, 5.74) is 7.98. The van der Waals surface area contributed by atoms with E-state index in [9.17, 15) is 0 Å². The van der Waals surface area contributed by atoms with Gasteiger partial charge in [0.2, 0.25) is 0 Å². The minimum Gasteiger partial charge on any atom is -0.397 e. The molecular formula is C12H15N3S. The van der Waals surface area contributed by atoms with Gasteiger partial charge >= 0.3 is 0 Å². The van der Waals surface area contributed by atoms with Gasteiger partial charge in [-0.1, -0.05) is 6.92 Å². The summed E-state index contributed by atoms with van der Waals surface area (Å²) in [5, 5.41) is 13.7. The standard InChI is InChI=1S/C12H15N3S/c1-6-4-8(6)15-12-10(7-2-3-7)11(14)9(5-13)16-12/h6-8,15H,2-4,14H2,1H3. The predicted octanol–water partition coefficient (Wildman–Crippen LogP) is 2.90. The average molecular weight is 233 g/mol. The third-order valence-electron chi connectivity index (χ3n) is 3.50. The van der Waals surface area contributed by atoms with Crippen molar-refractivity contribution in [3.63, 3.8) is 0 Å². The summed E-state index contributed by atoms with van der Waals surface area (Å²) in [5.74, 6) is 1.37. The van der Waals surface area contributed by atoms with Crippen LogP contribution in [0.1, 0.15) is 42.5 Å². The number of nitriles is 1. The number of rotatable bonds is 3. The van der Waals surface area contributed by atoms with Crippen LogP contribution in [0.25, 0.3) is 0 Å². The van der Waals surface area contributed by atoms with Gasteiger partial charge in [-0.05, 0) is 31.1 Å². The molecule has 0 aliphatic heterocycles. The molecule has 2 fully saturated rings. The summed E-state index contributed by atoms with van der Waals surface area (Å²) in [6.45, 7) is 2.25. The maximum atomic E-state index is 9.01. The van der Waals surface area contributed by atoms with Crippen molar-refractivity contribution in [2.75, 3.05) is 11.1 Å². The molecule has 0 aromatic carbocycles. The summed E-state index contributed by atoms with van der Waals surface area (Å²) < 4.78 is 0. The van der Waals surface area contributed by atoms with E-state index in [1.165, 1.54) is 36.2 Å². The fourth-order valence-corrected chi connectivity index (χ4v) is 3.18. The lowest BCUT2D eigenvalue weighted by molar-refractivity contribution is 0.929. The van der Waals surface area contributed by atoms with Crippen molar-refractivity contribution in [3.8, 4) is 6.07 Å². The number of anilines is 2. The van der Waals surface area contributed by atoms with E-state index in [1.54, 1.807) is 0 Å². The molecule has 2 saturated carbocycles. The minimum atomic E-state index is 0.599. The topological polar surface area (TPSA) is 61.8 Å². The number of hydrogen-bond acceptors (Lipinski definition) is 4. The Balaban J connectivity index is 1.92. The lowest BCUT2D eigenvalue weighted by Gasteiger charge is -2.05. The van der Waals surface area contributed by atoms with Crippen molar-refractivity contribution in [3.05, 3.63) is 10.4 Å². The van der Waals surface area contributed by atoms with Crippen molar-refractivity contribution in [1.29, 1.82) is 5.26 Å². The highest BCUT2D eigenvalue weighted by molar-refractivity contribution is 7.17. The highest BCUT2D eigenvalue weighted by Crippen LogP contribution is 2.51. The molecule has 1 heterocycles. The SMILES string of the molecule is CC1CC1Nc1sc(C#N)c(N)c1C1CC1. The number of nitrogens with zero attached hydrogens (tertiary/aromatic N) is 1. The summed E-state index contributed by atoms with van der Waals surface area (Å²) in [6.07, 6.45) is 3.69. The Hall–Kier alpha value is -1.21. The number of nitrogens with two attached hydrogens (primary N) is 1. The van der Waals surface area contributed by atoms with Gasteiger partial charge in [-0.3, -0.25) is 0 Å². The maximum Gasteiger partial charge on any atom is 0.130 e. The van der Waals surface area contributed by atoms with Crippen LogP contribution in [0.5, 0.6) is 0 Å². The Morgan fingerprint density at radius 3 is 2.69 bits per heavy atom. The molecule has 2 unspecified atom stereocenters. The molecule has 1 aromatic heterocycles. The lowest BCUT2D eigenvalue weighted by Crippen LogP contribution is -2.04. The largest absolute Gasteiger partial charge is 0.397 e. The molecule has 0 amide bonds. The van der Waals surface area contributed by atoms with Crippen LogP contribution in [0.15, 0.2) is 0 Å². The molecule has 4 heteroatoms. The van der Waals surface area contributed by atoms with Crippen LogP contribution in [0.2, 0.25) is 0 Å². The van der Waals surface area contributed by atoms with Crippen LogP contribution in [0.3, 0.4) is 0 Å². The van der Waals surface area contributed by atoms with E-state index in [0.717, 1.165) is 16.6 Å². The Bertz CT molecular complexity index is 467.